The molecule has 0 N–H and O–H groups in total. The van der Waals surface area contributed by atoms with E-state index in [9.17, 15) is 18.0 Å². The largest absolute Gasteiger partial charge is 0.489 e. The van der Waals surface area contributed by atoms with E-state index in [-0.39, 0.29) is 24.0 Å². The Bertz CT molecular complexity index is 777. The molecule has 4 nitrogen and oxygen atoms in total. The predicted molar refractivity (Wildman–Crippen MR) is 84.9 cm³/mol. The molecule has 1 unspecified atom stereocenters. The van der Waals surface area contributed by atoms with Crippen LogP contribution in [0, 0.1) is 0 Å². The Morgan fingerprint density at radius 2 is 2.08 bits per heavy atom. The average Bonchev–Trinajstić information content (AvgIpc) is 2.72. The average molecular weight is 350 g/mol. The van der Waals surface area contributed by atoms with Crippen LogP contribution in [0.3, 0.4) is 0 Å². The van der Waals surface area contributed by atoms with Crippen molar-refractivity contribution in [3.63, 3.8) is 0 Å². The van der Waals surface area contributed by atoms with Crippen molar-refractivity contribution in [2.45, 2.75) is 32.2 Å². The van der Waals surface area contributed by atoms with Gasteiger partial charge in [-0.25, -0.2) is 0 Å². The van der Waals surface area contributed by atoms with Gasteiger partial charge in [0.05, 0.1) is 18.5 Å². The second-order valence-electron chi connectivity index (χ2n) is 6.02. The fourth-order valence-electron chi connectivity index (χ4n) is 2.89. The minimum absolute atomic E-state index is 0.119. The second kappa shape index (κ2) is 6.74. The number of rotatable bonds is 2. The molecule has 1 amide bonds. The Kier molecular flexibility index (Phi) is 4.65. The summed E-state index contributed by atoms with van der Waals surface area (Å²) >= 11 is 0. The van der Waals surface area contributed by atoms with Crippen LogP contribution >= 0.6 is 0 Å². The van der Waals surface area contributed by atoms with Crippen molar-refractivity contribution < 1.29 is 22.7 Å². The lowest BCUT2D eigenvalue weighted by Crippen LogP contribution is -2.37. The van der Waals surface area contributed by atoms with Crippen LogP contribution in [-0.4, -0.2) is 28.4 Å². The normalized spacial score (nSPS) is 17.4. The lowest BCUT2D eigenvalue weighted by atomic mass is 10.1. The molecule has 1 atom stereocenters. The number of nitrogens with zero attached hydrogens (tertiary/aromatic N) is 2. The van der Waals surface area contributed by atoms with Crippen molar-refractivity contribution in [1.82, 2.24) is 9.88 Å². The minimum Gasteiger partial charge on any atom is -0.489 e. The summed E-state index contributed by atoms with van der Waals surface area (Å²) in [5.41, 5.74) is -0.107. The van der Waals surface area contributed by atoms with Crippen LogP contribution < -0.4 is 4.74 Å². The number of halogens is 3. The summed E-state index contributed by atoms with van der Waals surface area (Å²) in [5.74, 6) is 0.313. The van der Waals surface area contributed by atoms with Gasteiger partial charge in [-0.15, -0.1) is 0 Å². The molecule has 2 aromatic rings. The van der Waals surface area contributed by atoms with Crippen LogP contribution in [0.15, 0.2) is 42.7 Å². The first-order chi connectivity index (χ1) is 11.8. The lowest BCUT2D eigenvalue weighted by molar-refractivity contribution is -0.139. The van der Waals surface area contributed by atoms with Crippen molar-refractivity contribution in [3.05, 3.63) is 59.4 Å². The highest BCUT2D eigenvalue weighted by Gasteiger charge is 2.34. The van der Waals surface area contributed by atoms with Crippen molar-refractivity contribution in [2.75, 3.05) is 6.54 Å². The van der Waals surface area contributed by atoms with E-state index < -0.39 is 11.7 Å². The van der Waals surface area contributed by atoms with Gasteiger partial charge in [-0.1, -0.05) is 18.2 Å². The van der Waals surface area contributed by atoms with E-state index in [4.69, 9.17) is 4.74 Å². The van der Waals surface area contributed by atoms with Crippen LogP contribution in [0.4, 0.5) is 13.2 Å². The number of alkyl halides is 3. The Morgan fingerprint density at radius 1 is 1.32 bits per heavy atom. The summed E-state index contributed by atoms with van der Waals surface area (Å²) in [6, 6.07) is 8.24. The van der Waals surface area contributed by atoms with Crippen LogP contribution in [0.5, 0.6) is 5.75 Å². The topological polar surface area (TPSA) is 42.4 Å². The Labute approximate surface area is 143 Å². The van der Waals surface area contributed by atoms with Gasteiger partial charge in [0.1, 0.15) is 11.9 Å². The highest BCUT2D eigenvalue weighted by Crippen LogP contribution is 2.32. The van der Waals surface area contributed by atoms with E-state index in [0.717, 1.165) is 24.0 Å². The van der Waals surface area contributed by atoms with E-state index >= 15 is 0 Å². The molecule has 0 radical (unpaired) electrons. The van der Waals surface area contributed by atoms with E-state index in [0.29, 0.717) is 18.8 Å². The minimum atomic E-state index is -4.51. The van der Waals surface area contributed by atoms with Gasteiger partial charge in [0, 0.05) is 24.5 Å². The predicted octanol–water partition coefficient (Wildman–Crippen LogP) is 3.45. The molecule has 0 saturated heterocycles. The fraction of sp³-hybridized carbons (Fsp3) is 0.333. The van der Waals surface area contributed by atoms with E-state index in [2.05, 4.69) is 4.98 Å². The molecule has 1 aliphatic rings. The maximum atomic E-state index is 13.1. The number of ether oxygens (including phenoxy) is 1. The third-order valence-electron chi connectivity index (χ3n) is 4.04. The lowest BCUT2D eigenvalue weighted by Gasteiger charge is -2.23. The molecule has 25 heavy (non-hydrogen) atoms. The summed E-state index contributed by atoms with van der Waals surface area (Å²) in [6.07, 6.45) is -2.93. The van der Waals surface area contributed by atoms with E-state index in [1.54, 1.807) is 0 Å². The van der Waals surface area contributed by atoms with Gasteiger partial charge in [-0.2, -0.15) is 13.2 Å². The van der Waals surface area contributed by atoms with Crippen molar-refractivity contribution >= 4 is 5.91 Å². The zero-order valence-corrected chi connectivity index (χ0v) is 13.6. The molecule has 1 aromatic carbocycles. The zero-order valence-electron chi connectivity index (χ0n) is 13.6. The Hall–Kier alpha value is -2.57. The maximum absolute atomic E-state index is 13.1. The molecular weight excluding hydrogens is 333 g/mol. The standard InChI is InChI=1S/C18H17F3N2O2/c1-12-10-23(11-13-4-2-3-5-16(13)25-12)17(24)8-14-9-22-7-6-15(14)18(19,20)21/h2-7,9,12H,8,10-11H2,1H3. The number of amides is 1. The number of para-hydroxylation sites is 1. The SMILES string of the molecule is CC1CN(C(=O)Cc2cnccc2C(F)(F)F)Cc2ccccc2O1. The highest BCUT2D eigenvalue weighted by atomic mass is 19.4. The molecule has 0 bridgehead atoms. The summed E-state index contributed by atoms with van der Waals surface area (Å²) < 4.78 is 45.1. The zero-order chi connectivity index (χ0) is 18.0. The first-order valence-corrected chi connectivity index (χ1v) is 7.87. The smallest absolute Gasteiger partial charge is 0.416 e. The number of benzene rings is 1. The summed E-state index contributed by atoms with van der Waals surface area (Å²) in [7, 11) is 0. The third-order valence-corrected chi connectivity index (χ3v) is 4.04. The van der Waals surface area contributed by atoms with Crippen LogP contribution in [0.1, 0.15) is 23.6 Å². The quantitative estimate of drug-likeness (QED) is 0.833. The summed E-state index contributed by atoms with van der Waals surface area (Å²) in [6.45, 7) is 2.45. The number of pyridine rings is 1. The molecule has 3 rings (SSSR count). The fourth-order valence-corrected chi connectivity index (χ4v) is 2.89. The molecule has 0 aliphatic carbocycles. The molecule has 132 valence electrons. The first-order valence-electron chi connectivity index (χ1n) is 7.87. The van der Waals surface area contributed by atoms with Crippen LogP contribution in [-0.2, 0) is 23.9 Å². The van der Waals surface area contributed by atoms with Gasteiger partial charge in [0.2, 0.25) is 5.91 Å². The second-order valence-corrected chi connectivity index (χ2v) is 6.02. The molecule has 1 aliphatic heterocycles. The summed E-state index contributed by atoms with van der Waals surface area (Å²) in [5, 5.41) is 0. The van der Waals surface area contributed by atoms with Gasteiger partial charge in [-0.3, -0.25) is 9.78 Å². The van der Waals surface area contributed by atoms with Gasteiger partial charge in [0.25, 0.3) is 0 Å². The molecule has 0 fully saturated rings. The van der Waals surface area contributed by atoms with E-state index in [1.165, 1.54) is 4.90 Å². The molecule has 0 spiro atoms. The van der Waals surface area contributed by atoms with Gasteiger partial charge >= 0.3 is 6.18 Å². The van der Waals surface area contributed by atoms with Gasteiger partial charge in [-0.05, 0) is 24.6 Å². The molecule has 2 heterocycles. The molecular formula is C18H17F3N2O2. The van der Waals surface area contributed by atoms with Crippen LogP contribution in [0.25, 0.3) is 0 Å². The monoisotopic (exact) mass is 350 g/mol. The van der Waals surface area contributed by atoms with Crippen molar-refractivity contribution in [1.29, 1.82) is 0 Å². The molecule has 0 saturated carbocycles. The van der Waals surface area contributed by atoms with Gasteiger partial charge in [0.15, 0.2) is 0 Å². The first kappa shape index (κ1) is 17.3. The van der Waals surface area contributed by atoms with E-state index in [1.807, 2.05) is 31.2 Å². The number of hydrogen-bond acceptors (Lipinski definition) is 3. The number of carbonyl (C=O) groups is 1. The molecule has 7 heteroatoms. The summed E-state index contributed by atoms with van der Waals surface area (Å²) in [4.78, 5) is 17.9. The van der Waals surface area contributed by atoms with Crippen LogP contribution in [0.2, 0.25) is 0 Å². The Morgan fingerprint density at radius 3 is 2.84 bits per heavy atom. The third kappa shape index (κ3) is 3.92. The molecule has 1 aromatic heterocycles. The highest BCUT2D eigenvalue weighted by molar-refractivity contribution is 5.79. The van der Waals surface area contributed by atoms with Gasteiger partial charge < -0.3 is 9.64 Å². The van der Waals surface area contributed by atoms with Crippen molar-refractivity contribution in [3.8, 4) is 5.75 Å². The number of fused-ring (bicyclic) bond motifs is 1. The number of carbonyl (C=O) groups excluding carboxylic acids is 1. The maximum Gasteiger partial charge on any atom is 0.416 e. The number of aromatic nitrogens is 1. The number of hydrogen-bond donors (Lipinski definition) is 0. The Balaban J connectivity index is 1.82. The van der Waals surface area contributed by atoms with Crippen molar-refractivity contribution in [2.24, 2.45) is 0 Å².